The van der Waals surface area contributed by atoms with Crippen molar-refractivity contribution in [3.05, 3.63) is 12.0 Å². The van der Waals surface area contributed by atoms with Crippen LogP contribution in [0.2, 0.25) is 0 Å². The number of fused-ring (bicyclic) bond motifs is 1. The van der Waals surface area contributed by atoms with E-state index in [1.165, 1.54) is 6.26 Å². The van der Waals surface area contributed by atoms with Gasteiger partial charge in [-0.25, -0.2) is 4.79 Å². The van der Waals surface area contributed by atoms with Crippen molar-refractivity contribution in [2.75, 3.05) is 18.5 Å². The fourth-order valence-electron chi connectivity index (χ4n) is 2.10. The number of carboxylic acid groups (broad SMARTS) is 1. The molecule has 1 aliphatic heterocycles. The highest BCUT2D eigenvalue weighted by molar-refractivity contribution is 5.93. The van der Waals surface area contributed by atoms with E-state index in [-0.39, 0.29) is 11.4 Å². The van der Waals surface area contributed by atoms with Gasteiger partial charge in [0, 0.05) is 7.05 Å². The zero-order chi connectivity index (χ0) is 10.6. The van der Waals surface area contributed by atoms with Gasteiger partial charge in [-0.1, -0.05) is 0 Å². The maximum atomic E-state index is 10.9. The minimum Gasteiger partial charge on any atom is -0.480 e. The topological polar surface area (TPSA) is 62.9 Å². The molecule has 3 rings (SSSR count). The average molecular weight is 209 g/mol. The van der Waals surface area contributed by atoms with Gasteiger partial charge in [0.1, 0.15) is 17.6 Å². The van der Waals surface area contributed by atoms with Crippen LogP contribution in [0.5, 0.6) is 5.75 Å². The summed E-state index contributed by atoms with van der Waals surface area (Å²) in [7, 11) is 1.86. The lowest BCUT2D eigenvalue weighted by molar-refractivity contribution is 0.0663. The SMILES string of the molecule is CN1CC2(CC2)Oc2coc(C(=O)O)c21. The normalized spacial score (nSPS) is 21.0. The molecule has 0 amide bonds. The van der Waals surface area contributed by atoms with Crippen LogP contribution in [-0.2, 0) is 0 Å². The molecule has 80 valence electrons. The summed E-state index contributed by atoms with van der Waals surface area (Å²) in [5.74, 6) is -0.542. The molecule has 1 saturated carbocycles. The highest BCUT2D eigenvalue weighted by Crippen LogP contribution is 2.49. The number of rotatable bonds is 1. The van der Waals surface area contributed by atoms with E-state index in [1.54, 1.807) is 0 Å². The summed E-state index contributed by atoms with van der Waals surface area (Å²) >= 11 is 0. The monoisotopic (exact) mass is 209 g/mol. The molecule has 5 nitrogen and oxygen atoms in total. The van der Waals surface area contributed by atoms with Gasteiger partial charge in [0.05, 0.1) is 6.54 Å². The Morgan fingerprint density at radius 2 is 2.33 bits per heavy atom. The Kier molecular flexibility index (Phi) is 1.43. The van der Waals surface area contributed by atoms with Crippen LogP contribution in [0.3, 0.4) is 0 Å². The highest BCUT2D eigenvalue weighted by atomic mass is 16.5. The Labute approximate surface area is 86.2 Å². The Morgan fingerprint density at radius 3 is 2.93 bits per heavy atom. The molecule has 1 aliphatic carbocycles. The van der Waals surface area contributed by atoms with Crippen LogP contribution >= 0.6 is 0 Å². The summed E-state index contributed by atoms with van der Waals surface area (Å²) in [6.07, 6.45) is 3.45. The third kappa shape index (κ3) is 1.12. The third-order valence-corrected chi connectivity index (χ3v) is 2.97. The summed E-state index contributed by atoms with van der Waals surface area (Å²) in [5, 5.41) is 8.92. The Bertz CT molecular complexity index is 433. The fraction of sp³-hybridized carbons (Fsp3) is 0.500. The second-order valence-corrected chi connectivity index (χ2v) is 4.22. The second kappa shape index (κ2) is 2.48. The third-order valence-electron chi connectivity index (χ3n) is 2.97. The van der Waals surface area contributed by atoms with Crippen molar-refractivity contribution in [1.29, 1.82) is 0 Å². The lowest BCUT2D eigenvalue weighted by Crippen LogP contribution is -2.39. The number of hydrogen-bond acceptors (Lipinski definition) is 4. The standard InChI is InChI=1S/C10H11NO4/c1-11-5-10(2-3-10)15-6-4-14-8(7(6)11)9(12)13/h4H,2-3,5H2,1H3,(H,12,13). The summed E-state index contributed by atoms with van der Waals surface area (Å²) in [6, 6.07) is 0. The van der Waals surface area contributed by atoms with E-state index in [2.05, 4.69) is 0 Å². The van der Waals surface area contributed by atoms with Gasteiger partial charge >= 0.3 is 5.97 Å². The van der Waals surface area contributed by atoms with E-state index < -0.39 is 5.97 Å². The van der Waals surface area contributed by atoms with Crippen LogP contribution < -0.4 is 9.64 Å². The number of likely N-dealkylation sites (N-methyl/N-ethyl adjacent to an activating group) is 1. The zero-order valence-corrected chi connectivity index (χ0v) is 8.32. The van der Waals surface area contributed by atoms with Crippen molar-refractivity contribution in [1.82, 2.24) is 0 Å². The number of furan rings is 1. The van der Waals surface area contributed by atoms with Gasteiger partial charge in [-0.3, -0.25) is 0 Å². The Balaban J connectivity index is 2.06. The largest absolute Gasteiger partial charge is 0.480 e. The van der Waals surface area contributed by atoms with Crippen LogP contribution in [0.4, 0.5) is 5.69 Å². The first-order valence-electron chi connectivity index (χ1n) is 4.86. The highest BCUT2D eigenvalue weighted by Gasteiger charge is 2.51. The van der Waals surface area contributed by atoms with Gasteiger partial charge in [0.15, 0.2) is 5.75 Å². The number of carbonyl (C=O) groups is 1. The smallest absolute Gasteiger partial charge is 0.374 e. The number of ether oxygens (including phenoxy) is 1. The first-order chi connectivity index (χ1) is 7.11. The van der Waals surface area contributed by atoms with Crippen molar-refractivity contribution >= 4 is 11.7 Å². The first kappa shape index (κ1) is 8.64. The molecule has 5 heteroatoms. The molecule has 1 aromatic heterocycles. The first-order valence-corrected chi connectivity index (χ1v) is 4.86. The zero-order valence-electron chi connectivity index (χ0n) is 8.32. The van der Waals surface area contributed by atoms with Crippen LogP contribution in [0.1, 0.15) is 23.4 Å². The molecular weight excluding hydrogens is 198 g/mol. The summed E-state index contributed by atoms with van der Waals surface area (Å²) in [6.45, 7) is 0.736. The molecule has 0 atom stereocenters. The van der Waals surface area contributed by atoms with E-state index in [0.29, 0.717) is 11.4 Å². The van der Waals surface area contributed by atoms with Gasteiger partial charge in [-0.05, 0) is 12.8 Å². The van der Waals surface area contributed by atoms with Crippen molar-refractivity contribution in [3.63, 3.8) is 0 Å². The van der Waals surface area contributed by atoms with E-state index >= 15 is 0 Å². The predicted molar refractivity (Wildman–Crippen MR) is 51.5 cm³/mol. The maximum Gasteiger partial charge on any atom is 0.374 e. The number of aromatic carboxylic acids is 1. The molecule has 1 N–H and O–H groups in total. The van der Waals surface area contributed by atoms with Crippen molar-refractivity contribution in [2.45, 2.75) is 18.4 Å². The average Bonchev–Trinajstić information content (AvgIpc) is 2.76. The van der Waals surface area contributed by atoms with Gasteiger partial charge in [0.25, 0.3) is 0 Å². The summed E-state index contributed by atoms with van der Waals surface area (Å²) < 4.78 is 10.7. The van der Waals surface area contributed by atoms with E-state index in [0.717, 1.165) is 19.4 Å². The molecule has 0 aromatic carbocycles. The van der Waals surface area contributed by atoms with Crippen LogP contribution in [0, 0.1) is 0 Å². The molecule has 2 heterocycles. The quantitative estimate of drug-likeness (QED) is 0.756. The molecular formula is C10H11NO4. The second-order valence-electron chi connectivity index (χ2n) is 4.22. The lowest BCUT2D eigenvalue weighted by Gasteiger charge is -2.31. The maximum absolute atomic E-state index is 10.9. The van der Waals surface area contributed by atoms with E-state index in [1.807, 2.05) is 11.9 Å². The Morgan fingerprint density at radius 1 is 1.60 bits per heavy atom. The minimum absolute atomic E-state index is 0.0389. The molecule has 2 aliphatic rings. The van der Waals surface area contributed by atoms with E-state index in [9.17, 15) is 4.79 Å². The van der Waals surface area contributed by atoms with Gasteiger partial charge in [-0.2, -0.15) is 0 Å². The van der Waals surface area contributed by atoms with Crippen LogP contribution in [-0.4, -0.2) is 30.3 Å². The number of hydrogen-bond donors (Lipinski definition) is 1. The van der Waals surface area contributed by atoms with Gasteiger partial charge in [-0.15, -0.1) is 0 Å². The molecule has 0 radical (unpaired) electrons. The van der Waals surface area contributed by atoms with Crippen LogP contribution in [0.25, 0.3) is 0 Å². The molecule has 1 spiro atoms. The molecule has 0 bridgehead atoms. The molecule has 0 unspecified atom stereocenters. The molecule has 0 saturated heterocycles. The van der Waals surface area contributed by atoms with Crippen molar-refractivity contribution < 1.29 is 19.1 Å². The van der Waals surface area contributed by atoms with Crippen LogP contribution in [0.15, 0.2) is 10.7 Å². The number of carboxylic acids is 1. The van der Waals surface area contributed by atoms with Crippen molar-refractivity contribution in [2.24, 2.45) is 0 Å². The summed E-state index contributed by atoms with van der Waals surface area (Å²) in [4.78, 5) is 12.8. The summed E-state index contributed by atoms with van der Waals surface area (Å²) in [5.41, 5.74) is 0.474. The lowest BCUT2D eigenvalue weighted by atomic mass is 10.2. The Hall–Kier alpha value is -1.65. The fourth-order valence-corrected chi connectivity index (χ4v) is 2.10. The molecule has 15 heavy (non-hydrogen) atoms. The minimum atomic E-state index is -1.06. The molecule has 1 fully saturated rings. The van der Waals surface area contributed by atoms with E-state index in [4.69, 9.17) is 14.3 Å². The predicted octanol–water partition coefficient (Wildman–Crippen LogP) is 1.34. The van der Waals surface area contributed by atoms with Crippen molar-refractivity contribution in [3.8, 4) is 5.75 Å². The van der Waals surface area contributed by atoms with Gasteiger partial charge < -0.3 is 19.2 Å². The van der Waals surface area contributed by atoms with Gasteiger partial charge in [0.2, 0.25) is 5.76 Å². The number of anilines is 1. The number of nitrogens with zero attached hydrogens (tertiary/aromatic N) is 1. The molecule has 1 aromatic rings.